The molecule has 4 N–H and O–H groups in total. The predicted molar refractivity (Wildman–Crippen MR) is 75.6 cm³/mol. The van der Waals surface area contributed by atoms with Gasteiger partial charge in [-0.25, -0.2) is 10.1 Å². The van der Waals surface area contributed by atoms with E-state index in [1.165, 1.54) is 6.20 Å². The lowest BCUT2D eigenvalue weighted by atomic mass is 10.1. The van der Waals surface area contributed by atoms with Crippen molar-refractivity contribution in [1.82, 2.24) is 5.32 Å². The molecular weight excluding hydrogens is 324 g/mol. The Labute approximate surface area is 137 Å². The van der Waals surface area contributed by atoms with Gasteiger partial charge in [0.05, 0.1) is 31.3 Å². The number of imide groups is 1. The molecule has 134 valence electrons. The van der Waals surface area contributed by atoms with Gasteiger partial charge in [-0.3, -0.25) is 9.53 Å². The van der Waals surface area contributed by atoms with E-state index in [0.29, 0.717) is 0 Å². The fourth-order valence-electron chi connectivity index (χ4n) is 3.25. The second-order valence-corrected chi connectivity index (χ2v) is 6.06. The summed E-state index contributed by atoms with van der Waals surface area (Å²) in [7, 11) is 0. The zero-order valence-corrected chi connectivity index (χ0v) is 13.1. The van der Waals surface area contributed by atoms with Crippen molar-refractivity contribution < 1.29 is 43.6 Å². The van der Waals surface area contributed by atoms with Crippen LogP contribution in [0.15, 0.2) is 11.8 Å². The van der Waals surface area contributed by atoms with Crippen LogP contribution in [0.25, 0.3) is 0 Å². The second kappa shape index (κ2) is 6.48. The van der Waals surface area contributed by atoms with Crippen LogP contribution in [0.5, 0.6) is 0 Å². The van der Waals surface area contributed by atoms with E-state index in [-0.39, 0.29) is 25.2 Å². The van der Waals surface area contributed by atoms with Crippen LogP contribution in [0, 0.1) is 0 Å². The van der Waals surface area contributed by atoms with Gasteiger partial charge in [0.1, 0.15) is 18.9 Å². The quantitative estimate of drug-likeness (QED) is 0.435. The van der Waals surface area contributed by atoms with Crippen LogP contribution >= 0.6 is 0 Å². The molecular formula is C14H21N2O8+. The Hall–Kier alpha value is -1.40. The molecule has 24 heavy (non-hydrogen) atoms. The van der Waals surface area contributed by atoms with E-state index in [9.17, 15) is 24.9 Å². The molecule has 3 heterocycles. The van der Waals surface area contributed by atoms with Gasteiger partial charge in [-0.15, -0.1) is 0 Å². The normalized spacial score (nSPS) is 43.0. The Kier molecular flexibility index (Phi) is 4.71. The minimum Gasteiger partial charge on any atom is -0.394 e. The number of carbonyl (C=O) groups is 2. The molecule has 0 aromatic carbocycles. The van der Waals surface area contributed by atoms with Crippen LogP contribution < -0.4 is 5.32 Å². The van der Waals surface area contributed by atoms with Crippen molar-refractivity contribution in [2.24, 2.45) is 0 Å². The number of hydrogen-bond donors (Lipinski definition) is 4. The monoisotopic (exact) mass is 345 g/mol. The van der Waals surface area contributed by atoms with Gasteiger partial charge in [-0.2, -0.15) is 4.48 Å². The Morgan fingerprint density at radius 1 is 1.25 bits per heavy atom. The maximum atomic E-state index is 12.7. The first kappa shape index (κ1) is 17.4. The van der Waals surface area contributed by atoms with Gasteiger partial charge in [-0.05, 0) is 6.92 Å². The Balaban J connectivity index is 1.99. The standard InChI is InChI=1S/C14H20N2O8/c1-7-3-16(14(21)15-13(7)20,11-6-22-12(5-18)24-11)10-2-8(19)9(4-17)23-10/h3,8-12,17-19H,2,4-6H2,1H3/p+1/t8-,9+,10+,11?,12?,16?/m0/s1. The lowest BCUT2D eigenvalue weighted by Gasteiger charge is -2.41. The van der Waals surface area contributed by atoms with Crippen molar-refractivity contribution in [1.29, 1.82) is 0 Å². The molecule has 3 aliphatic heterocycles. The maximum absolute atomic E-state index is 12.7. The third kappa shape index (κ3) is 2.65. The van der Waals surface area contributed by atoms with Crippen molar-refractivity contribution in [3.63, 3.8) is 0 Å². The zero-order valence-electron chi connectivity index (χ0n) is 13.1. The van der Waals surface area contributed by atoms with Crippen molar-refractivity contribution in [2.45, 2.75) is 44.3 Å². The second-order valence-electron chi connectivity index (χ2n) is 6.06. The highest BCUT2D eigenvalue weighted by Gasteiger charge is 2.60. The fraction of sp³-hybridized carbons (Fsp3) is 0.714. The van der Waals surface area contributed by atoms with E-state index < -0.39 is 54.0 Å². The van der Waals surface area contributed by atoms with Crippen molar-refractivity contribution in [3.05, 3.63) is 11.8 Å². The molecule has 0 aliphatic carbocycles. The maximum Gasteiger partial charge on any atom is 0.432 e. The summed E-state index contributed by atoms with van der Waals surface area (Å²) in [6, 6.07) is -0.673. The van der Waals surface area contributed by atoms with E-state index >= 15 is 0 Å². The summed E-state index contributed by atoms with van der Waals surface area (Å²) in [5, 5.41) is 30.8. The molecule has 3 rings (SSSR count). The molecule has 0 spiro atoms. The van der Waals surface area contributed by atoms with E-state index in [4.69, 9.17) is 14.2 Å². The third-order valence-electron chi connectivity index (χ3n) is 4.56. The fourth-order valence-corrected chi connectivity index (χ4v) is 3.25. The van der Waals surface area contributed by atoms with Gasteiger partial charge >= 0.3 is 6.03 Å². The van der Waals surface area contributed by atoms with E-state index in [0.717, 1.165) is 0 Å². The predicted octanol–water partition coefficient (Wildman–Crippen LogP) is -1.88. The molecule has 0 bridgehead atoms. The molecule has 2 fully saturated rings. The average molecular weight is 345 g/mol. The first-order valence-corrected chi connectivity index (χ1v) is 7.68. The van der Waals surface area contributed by atoms with Crippen LogP contribution in [-0.4, -0.2) is 82.5 Å². The minimum absolute atomic E-state index is 0.00361. The summed E-state index contributed by atoms with van der Waals surface area (Å²) in [4.78, 5) is 24.5. The van der Waals surface area contributed by atoms with E-state index in [1.54, 1.807) is 6.92 Å². The highest BCUT2D eigenvalue weighted by Crippen LogP contribution is 2.37. The van der Waals surface area contributed by atoms with Gasteiger partial charge in [0.2, 0.25) is 12.5 Å². The Bertz CT molecular complexity index is 567. The summed E-state index contributed by atoms with van der Waals surface area (Å²) >= 11 is 0. The number of urea groups is 1. The third-order valence-corrected chi connectivity index (χ3v) is 4.56. The lowest BCUT2D eigenvalue weighted by Crippen LogP contribution is -2.68. The number of quaternary nitrogens is 1. The highest BCUT2D eigenvalue weighted by molar-refractivity contribution is 6.03. The van der Waals surface area contributed by atoms with Crippen LogP contribution in [0.4, 0.5) is 4.79 Å². The number of carbonyl (C=O) groups excluding carboxylic acids is 2. The number of nitrogens with one attached hydrogen (secondary N) is 1. The van der Waals surface area contributed by atoms with Crippen molar-refractivity contribution >= 4 is 11.9 Å². The molecule has 3 aliphatic rings. The molecule has 10 heteroatoms. The molecule has 10 nitrogen and oxygen atoms in total. The number of ether oxygens (including phenoxy) is 3. The highest BCUT2D eigenvalue weighted by atomic mass is 16.7. The number of aliphatic hydroxyl groups is 3. The summed E-state index contributed by atoms with van der Waals surface area (Å²) in [6.07, 6.45) is -2.91. The van der Waals surface area contributed by atoms with Crippen LogP contribution in [0.2, 0.25) is 0 Å². The summed E-state index contributed by atoms with van der Waals surface area (Å²) < 4.78 is 16.0. The molecule has 0 saturated carbocycles. The summed E-state index contributed by atoms with van der Waals surface area (Å²) in [6.45, 7) is 0.759. The minimum atomic E-state index is -0.954. The smallest absolute Gasteiger partial charge is 0.394 e. The molecule has 2 saturated heterocycles. The number of rotatable bonds is 4. The van der Waals surface area contributed by atoms with Crippen LogP contribution in [-0.2, 0) is 19.0 Å². The average Bonchev–Trinajstić information content (AvgIpc) is 3.17. The van der Waals surface area contributed by atoms with E-state index in [2.05, 4.69) is 5.32 Å². The SMILES string of the molecule is CC1=C[N+](C2COC(CO)O2)([C@H]2C[C@H](O)[C@@H](CO)O2)C(=O)NC1=O. The number of amides is 3. The van der Waals surface area contributed by atoms with Crippen molar-refractivity contribution in [2.75, 3.05) is 19.8 Å². The molecule has 3 amide bonds. The number of aliphatic hydroxyl groups excluding tert-OH is 3. The van der Waals surface area contributed by atoms with Gasteiger partial charge in [-0.1, -0.05) is 0 Å². The zero-order chi connectivity index (χ0) is 17.5. The number of nitrogens with zero attached hydrogens (tertiary/aromatic N) is 1. The van der Waals surface area contributed by atoms with E-state index in [1.807, 2.05) is 0 Å². The first-order valence-electron chi connectivity index (χ1n) is 7.68. The largest absolute Gasteiger partial charge is 0.432 e. The molecule has 6 atom stereocenters. The first-order chi connectivity index (χ1) is 11.4. The van der Waals surface area contributed by atoms with Crippen molar-refractivity contribution in [3.8, 4) is 0 Å². The van der Waals surface area contributed by atoms with Gasteiger partial charge in [0, 0.05) is 0 Å². The van der Waals surface area contributed by atoms with Crippen LogP contribution in [0.3, 0.4) is 0 Å². The number of hydrogen-bond acceptors (Lipinski definition) is 8. The Morgan fingerprint density at radius 3 is 2.58 bits per heavy atom. The summed E-state index contributed by atoms with van der Waals surface area (Å²) in [5.41, 5.74) is 0.288. The summed E-state index contributed by atoms with van der Waals surface area (Å²) in [5.74, 6) is -0.524. The Morgan fingerprint density at radius 2 is 2.00 bits per heavy atom. The topological polar surface area (TPSA) is 135 Å². The van der Waals surface area contributed by atoms with Gasteiger partial charge in [0.15, 0.2) is 6.29 Å². The molecule has 0 radical (unpaired) electrons. The molecule has 0 aromatic heterocycles. The van der Waals surface area contributed by atoms with Gasteiger partial charge in [0.25, 0.3) is 5.91 Å². The van der Waals surface area contributed by atoms with Crippen LogP contribution in [0.1, 0.15) is 13.3 Å². The molecule has 0 aromatic rings. The lowest BCUT2D eigenvalue weighted by molar-refractivity contribution is -0.896. The van der Waals surface area contributed by atoms with Gasteiger partial charge < -0.3 is 24.8 Å². The molecule has 3 unspecified atom stereocenters.